The van der Waals surface area contributed by atoms with E-state index in [-0.39, 0.29) is 17.6 Å². The number of phenols is 1. The first-order chi connectivity index (χ1) is 8.13. The molecule has 0 aliphatic rings. The molecule has 0 aromatic heterocycles. The fraction of sp³-hybridized carbons (Fsp3) is 0.167. The van der Waals surface area contributed by atoms with Crippen molar-refractivity contribution in [2.24, 2.45) is 0 Å². The normalized spacial score (nSPS) is 10.8. The minimum Gasteiger partial charge on any atom is -0.506 e. The van der Waals surface area contributed by atoms with E-state index in [2.05, 4.69) is 0 Å². The number of benzene rings is 2. The molecule has 90 valence electrons. The van der Waals surface area contributed by atoms with Gasteiger partial charge in [-0.3, -0.25) is 0 Å². The van der Waals surface area contributed by atoms with Gasteiger partial charge in [0.25, 0.3) is 0 Å². The first kappa shape index (κ1) is 12.0. The summed E-state index contributed by atoms with van der Waals surface area (Å²) < 4.78 is 23.2. The van der Waals surface area contributed by atoms with Crippen LogP contribution in [0.1, 0.15) is 0 Å². The molecule has 0 atom stereocenters. The van der Waals surface area contributed by atoms with Crippen LogP contribution in [0.2, 0.25) is 5.02 Å². The molecule has 0 aliphatic heterocycles. The van der Waals surface area contributed by atoms with E-state index in [0.29, 0.717) is 16.5 Å². The van der Waals surface area contributed by atoms with Crippen molar-refractivity contribution in [2.45, 2.75) is 0 Å². The molecular formula is C12H10ClFO3. The molecule has 0 fully saturated rings. The van der Waals surface area contributed by atoms with Crippen LogP contribution in [0.15, 0.2) is 24.3 Å². The lowest BCUT2D eigenvalue weighted by molar-refractivity contribution is 0.0521. The molecule has 0 saturated heterocycles. The van der Waals surface area contributed by atoms with E-state index in [9.17, 15) is 9.50 Å². The number of halogens is 2. The zero-order chi connectivity index (χ0) is 12.4. The Balaban J connectivity index is 2.65. The average molecular weight is 257 g/mol. The lowest BCUT2D eigenvalue weighted by Gasteiger charge is -2.11. The Bertz CT molecular complexity index is 557. The molecule has 0 heterocycles. The van der Waals surface area contributed by atoms with Gasteiger partial charge >= 0.3 is 0 Å². The second kappa shape index (κ2) is 4.77. The summed E-state index contributed by atoms with van der Waals surface area (Å²) in [6.07, 6.45) is 0. The Kier molecular flexibility index (Phi) is 3.36. The van der Waals surface area contributed by atoms with Gasteiger partial charge in [0, 0.05) is 23.9 Å². The Morgan fingerprint density at radius 2 is 2.06 bits per heavy atom. The van der Waals surface area contributed by atoms with E-state index >= 15 is 0 Å². The summed E-state index contributed by atoms with van der Waals surface area (Å²) in [4.78, 5) is 0. The molecule has 1 N–H and O–H groups in total. The van der Waals surface area contributed by atoms with Crippen molar-refractivity contribution in [3.05, 3.63) is 35.1 Å². The molecule has 2 rings (SSSR count). The summed E-state index contributed by atoms with van der Waals surface area (Å²) in [5.74, 6) is -0.193. The zero-order valence-corrected chi connectivity index (χ0v) is 9.79. The molecule has 0 amide bonds. The first-order valence-corrected chi connectivity index (χ1v) is 5.23. The van der Waals surface area contributed by atoms with E-state index in [0.717, 1.165) is 0 Å². The third-order valence-electron chi connectivity index (χ3n) is 2.31. The summed E-state index contributed by atoms with van der Waals surface area (Å²) in [6, 6.07) is 5.40. The summed E-state index contributed by atoms with van der Waals surface area (Å²) in [5, 5.41) is 10.8. The van der Waals surface area contributed by atoms with Crippen molar-refractivity contribution in [1.82, 2.24) is 0 Å². The highest BCUT2D eigenvalue weighted by Crippen LogP contribution is 2.38. The van der Waals surface area contributed by atoms with E-state index < -0.39 is 5.82 Å². The lowest BCUT2D eigenvalue weighted by Crippen LogP contribution is -1.99. The van der Waals surface area contributed by atoms with Crippen LogP contribution < -0.4 is 4.74 Å². The van der Waals surface area contributed by atoms with Gasteiger partial charge in [-0.25, -0.2) is 4.39 Å². The quantitative estimate of drug-likeness (QED) is 0.856. The summed E-state index contributed by atoms with van der Waals surface area (Å²) in [6.45, 7) is 0.00663. The van der Waals surface area contributed by atoms with Gasteiger partial charge in [-0.15, -0.1) is 0 Å². The number of hydrogen-bond acceptors (Lipinski definition) is 3. The third-order valence-corrected chi connectivity index (χ3v) is 2.71. The van der Waals surface area contributed by atoms with Crippen LogP contribution in [-0.2, 0) is 4.74 Å². The molecule has 0 saturated carbocycles. The predicted octanol–water partition coefficient (Wildman–Crippen LogP) is 3.32. The van der Waals surface area contributed by atoms with Crippen LogP contribution in [0.5, 0.6) is 11.5 Å². The Morgan fingerprint density at radius 3 is 2.76 bits per heavy atom. The van der Waals surface area contributed by atoms with Gasteiger partial charge in [-0.1, -0.05) is 11.6 Å². The second-order valence-electron chi connectivity index (χ2n) is 3.45. The van der Waals surface area contributed by atoms with Crippen LogP contribution in [0, 0.1) is 5.82 Å². The van der Waals surface area contributed by atoms with Crippen molar-refractivity contribution < 1.29 is 19.0 Å². The molecule has 3 nitrogen and oxygen atoms in total. The predicted molar refractivity (Wildman–Crippen MR) is 63.1 cm³/mol. The molecule has 0 spiro atoms. The minimum absolute atomic E-state index is 0.00663. The van der Waals surface area contributed by atoms with Gasteiger partial charge in [0.1, 0.15) is 17.3 Å². The highest BCUT2D eigenvalue weighted by molar-refractivity contribution is 6.37. The van der Waals surface area contributed by atoms with Crippen LogP contribution in [0.3, 0.4) is 0 Å². The molecule has 2 aromatic rings. The van der Waals surface area contributed by atoms with E-state index in [4.69, 9.17) is 21.1 Å². The monoisotopic (exact) mass is 256 g/mol. The van der Waals surface area contributed by atoms with Crippen LogP contribution in [0.25, 0.3) is 10.8 Å². The smallest absolute Gasteiger partial charge is 0.188 e. The highest BCUT2D eigenvalue weighted by atomic mass is 35.5. The molecule has 0 aliphatic carbocycles. The van der Waals surface area contributed by atoms with E-state index in [1.165, 1.54) is 31.4 Å². The maximum Gasteiger partial charge on any atom is 0.188 e. The first-order valence-electron chi connectivity index (χ1n) is 4.86. The zero-order valence-electron chi connectivity index (χ0n) is 9.04. The maximum atomic E-state index is 13.2. The fourth-order valence-electron chi connectivity index (χ4n) is 1.56. The van der Waals surface area contributed by atoms with Crippen molar-refractivity contribution in [3.63, 3.8) is 0 Å². The van der Waals surface area contributed by atoms with Gasteiger partial charge in [0.05, 0.1) is 5.02 Å². The summed E-state index contributed by atoms with van der Waals surface area (Å²) in [5.41, 5.74) is 0. The van der Waals surface area contributed by atoms with Gasteiger partial charge in [-0.05, 0) is 18.2 Å². The topological polar surface area (TPSA) is 38.7 Å². The molecule has 5 heteroatoms. The molecule has 0 bridgehead atoms. The number of fused-ring (bicyclic) bond motifs is 1. The third kappa shape index (κ3) is 2.28. The highest BCUT2D eigenvalue weighted by Gasteiger charge is 2.11. The molecule has 0 unspecified atom stereocenters. The maximum absolute atomic E-state index is 13.2. The van der Waals surface area contributed by atoms with Gasteiger partial charge < -0.3 is 14.6 Å². The SMILES string of the molecule is COCOc1cc(O)c(Cl)c2ccc(F)cc12. The van der Waals surface area contributed by atoms with Crippen LogP contribution >= 0.6 is 11.6 Å². The average Bonchev–Trinajstić information content (AvgIpc) is 2.32. The van der Waals surface area contributed by atoms with Crippen molar-refractivity contribution >= 4 is 22.4 Å². The van der Waals surface area contributed by atoms with Crippen molar-refractivity contribution in [3.8, 4) is 11.5 Å². The van der Waals surface area contributed by atoms with Crippen molar-refractivity contribution in [2.75, 3.05) is 13.9 Å². The molecule has 17 heavy (non-hydrogen) atoms. The second-order valence-corrected chi connectivity index (χ2v) is 3.83. The number of phenolic OH excluding ortho intramolecular Hbond substituents is 1. The number of hydrogen-bond donors (Lipinski definition) is 1. The number of aromatic hydroxyl groups is 1. The van der Waals surface area contributed by atoms with Crippen LogP contribution in [0.4, 0.5) is 4.39 Å². The van der Waals surface area contributed by atoms with Crippen molar-refractivity contribution in [1.29, 1.82) is 0 Å². The molecule has 2 aromatic carbocycles. The number of rotatable bonds is 3. The van der Waals surface area contributed by atoms with E-state index in [1.54, 1.807) is 0 Å². The Hall–Kier alpha value is -1.52. The molecular weight excluding hydrogens is 247 g/mol. The summed E-state index contributed by atoms with van der Waals surface area (Å²) in [7, 11) is 1.47. The van der Waals surface area contributed by atoms with Gasteiger partial charge in [-0.2, -0.15) is 0 Å². The van der Waals surface area contributed by atoms with Gasteiger partial charge in [0.15, 0.2) is 6.79 Å². The van der Waals surface area contributed by atoms with Crippen LogP contribution in [-0.4, -0.2) is 19.0 Å². The Morgan fingerprint density at radius 1 is 1.29 bits per heavy atom. The van der Waals surface area contributed by atoms with E-state index in [1.807, 2.05) is 0 Å². The largest absolute Gasteiger partial charge is 0.506 e. The lowest BCUT2D eigenvalue weighted by atomic mass is 10.1. The fourth-order valence-corrected chi connectivity index (χ4v) is 1.78. The molecule has 0 radical (unpaired) electrons. The standard InChI is InChI=1S/C12H10ClFO3/c1-16-6-17-11-5-10(15)12(13)8-3-2-7(14)4-9(8)11/h2-5,15H,6H2,1H3. The number of methoxy groups -OCH3 is 1. The van der Waals surface area contributed by atoms with Gasteiger partial charge in [0.2, 0.25) is 0 Å². The minimum atomic E-state index is -0.401. The summed E-state index contributed by atoms with van der Waals surface area (Å²) >= 11 is 5.93. The Labute approximate surface area is 102 Å². The number of ether oxygens (including phenoxy) is 2.